The predicted molar refractivity (Wildman–Crippen MR) is 239 cm³/mol. The number of aliphatic hydroxyl groups excluding tert-OH is 1. The molecular formula is C44H69ClF12N4O12. The molecule has 0 aromatic heterocycles. The topological polar surface area (TPSA) is 233 Å². The third-order valence-corrected chi connectivity index (χ3v) is 9.39. The molecule has 0 bridgehead atoms. The first-order chi connectivity index (χ1) is 32.7. The molecule has 0 radical (unpaired) electrons. The minimum Gasteiger partial charge on any atom is -0.444 e. The Balaban J connectivity index is -0.00000116. The van der Waals surface area contributed by atoms with Gasteiger partial charge in [0.25, 0.3) is 0 Å². The number of alkyl halides is 13. The number of hydrogen-bond donors (Lipinski definition) is 5. The number of alkyl carbamates (subject to hydrolysis) is 2. The number of halogens is 13. The molecule has 0 aliphatic carbocycles. The van der Waals surface area contributed by atoms with E-state index >= 15 is 0 Å². The molecule has 0 saturated heterocycles. The third kappa shape index (κ3) is 35.4. The quantitative estimate of drug-likeness (QED) is 0.0348. The fourth-order valence-corrected chi connectivity index (χ4v) is 5.79. The zero-order chi connectivity index (χ0) is 58.3. The fraction of sp³-hybridized carbons (Fsp3) is 0.818. The first-order valence-electron chi connectivity index (χ1n) is 22.4. The molecule has 428 valence electrons. The molecule has 29 heteroatoms. The minimum atomic E-state index is -5.81. The van der Waals surface area contributed by atoms with Crippen molar-refractivity contribution in [1.29, 1.82) is 0 Å². The maximum atomic E-state index is 12.7. The second kappa shape index (κ2) is 32.1. The molecule has 4 atom stereocenters. The van der Waals surface area contributed by atoms with Crippen molar-refractivity contribution in [3.05, 3.63) is 0 Å². The van der Waals surface area contributed by atoms with Crippen LogP contribution in [0.25, 0.3) is 0 Å². The van der Waals surface area contributed by atoms with Gasteiger partial charge in [0.15, 0.2) is 11.6 Å². The van der Waals surface area contributed by atoms with E-state index in [9.17, 15) is 91.0 Å². The third-order valence-electron chi connectivity index (χ3n) is 9.12. The van der Waals surface area contributed by atoms with E-state index in [-0.39, 0.29) is 73.2 Å². The van der Waals surface area contributed by atoms with E-state index in [0.717, 1.165) is 0 Å². The molecule has 4 amide bonds. The van der Waals surface area contributed by atoms with Gasteiger partial charge >= 0.3 is 36.9 Å². The number of aliphatic hydroxyl groups is 1. The Bertz CT molecular complexity index is 1740. The van der Waals surface area contributed by atoms with Crippen LogP contribution in [0.5, 0.6) is 0 Å². The smallest absolute Gasteiger partial charge is 0.423 e. The minimum absolute atomic E-state index is 0.0109. The summed E-state index contributed by atoms with van der Waals surface area (Å²) in [5.74, 6) is -5.00. The van der Waals surface area contributed by atoms with Gasteiger partial charge in [-0.05, 0) is 92.9 Å². The normalized spacial score (nSPS) is 14.1. The SMILES string of the molecule is CC(=O)C[C@H](C(=O)N[C@@H](CCCNC(=O)OC(C)(C)C)C(=O)CCl)C(C)C.CC(=O)C[C@H](C(=O)N[C@@H](CCCNC(=O)OC(C)(C)C)C(=O)COC(C(F)(F)F)C(F)(F)F)C(C)C.OC(C(F)(F)F)C(F)(F)F. The Hall–Kier alpha value is -4.47. The van der Waals surface area contributed by atoms with E-state index in [1.165, 1.54) is 13.8 Å². The largest absolute Gasteiger partial charge is 0.444 e. The van der Waals surface area contributed by atoms with Gasteiger partial charge in [-0.3, -0.25) is 19.2 Å². The molecule has 73 heavy (non-hydrogen) atoms. The average Bonchev–Trinajstić information content (AvgIpc) is 3.17. The molecule has 0 spiro atoms. The van der Waals surface area contributed by atoms with Crippen LogP contribution < -0.4 is 21.3 Å². The molecule has 0 aromatic carbocycles. The fourth-order valence-electron chi connectivity index (χ4n) is 5.61. The molecule has 0 aromatic rings. The highest BCUT2D eigenvalue weighted by molar-refractivity contribution is 6.28. The lowest BCUT2D eigenvalue weighted by Gasteiger charge is -2.26. The number of Topliss-reactive ketones (excluding diaryl/α,β-unsaturated/α-hetero) is 4. The summed E-state index contributed by atoms with van der Waals surface area (Å²) >= 11 is 5.65. The van der Waals surface area contributed by atoms with Crippen LogP contribution in [0.3, 0.4) is 0 Å². The second-order valence-electron chi connectivity index (χ2n) is 19.1. The molecule has 0 aliphatic rings. The molecule has 0 aliphatic heterocycles. The van der Waals surface area contributed by atoms with Crippen LogP contribution in [-0.2, 0) is 43.0 Å². The van der Waals surface area contributed by atoms with Crippen LogP contribution >= 0.6 is 11.6 Å². The van der Waals surface area contributed by atoms with Crippen molar-refractivity contribution < 1.29 is 110 Å². The molecule has 0 heterocycles. The molecule has 0 saturated carbocycles. The summed E-state index contributed by atoms with van der Waals surface area (Å²) in [4.78, 5) is 96.0. The van der Waals surface area contributed by atoms with Crippen molar-refractivity contribution in [2.75, 3.05) is 25.6 Å². The van der Waals surface area contributed by atoms with Crippen LogP contribution in [0.1, 0.15) is 122 Å². The molecule has 0 unspecified atom stereocenters. The number of rotatable bonds is 24. The van der Waals surface area contributed by atoms with Gasteiger partial charge in [0.1, 0.15) is 29.4 Å². The van der Waals surface area contributed by atoms with Crippen molar-refractivity contribution in [3.8, 4) is 0 Å². The summed E-state index contributed by atoms with van der Waals surface area (Å²) in [7, 11) is 0. The Morgan fingerprint density at radius 2 is 0.849 bits per heavy atom. The number of carbonyl (C=O) groups is 8. The summed E-state index contributed by atoms with van der Waals surface area (Å²) in [5, 5.41) is 17.5. The van der Waals surface area contributed by atoms with E-state index < -0.39 is 103 Å². The van der Waals surface area contributed by atoms with Gasteiger partial charge < -0.3 is 50.2 Å². The summed E-state index contributed by atoms with van der Waals surface area (Å²) in [6.45, 7) is 18.5. The highest BCUT2D eigenvalue weighted by atomic mass is 35.5. The van der Waals surface area contributed by atoms with Gasteiger partial charge in [-0.15, -0.1) is 11.6 Å². The highest BCUT2D eigenvalue weighted by Crippen LogP contribution is 2.36. The van der Waals surface area contributed by atoms with E-state index in [1.807, 2.05) is 13.8 Å². The maximum absolute atomic E-state index is 12.7. The van der Waals surface area contributed by atoms with Crippen molar-refractivity contribution in [2.45, 2.75) is 182 Å². The van der Waals surface area contributed by atoms with Crippen molar-refractivity contribution in [1.82, 2.24) is 21.3 Å². The van der Waals surface area contributed by atoms with Crippen molar-refractivity contribution >= 4 is 58.7 Å². The Morgan fingerprint density at radius 3 is 1.08 bits per heavy atom. The van der Waals surface area contributed by atoms with Crippen LogP contribution in [0.15, 0.2) is 0 Å². The Labute approximate surface area is 420 Å². The van der Waals surface area contributed by atoms with Gasteiger partial charge in [-0.2, -0.15) is 52.7 Å². The number of ether oxygens (including phenoxy) is 3. The molecular weight excluding hydrogens is 1040 g/mol. The molecule has 5 N–H and O–H groups in total. The molecule has 0 rings (SSSR count). The second-order valence-corrected chi connectivity index (χ2v) is 19.4. The monoisotopic (exact) mass is 1110 g/mol. The predicted octanol–water partition coefficient (Wildman–Crippen LogP) is 8.41. The van der Waals surface area contributed by atoms with E-state index in [2.05, 4.69) is 26.0 Å². The first kappa shape index (κ1) is 72.8. The number of nitrogens with one attached hydrogen (secondary N) is 4. The summed E-state index contributed by atoms with van der Waals surface area (Å²) in [6, 6.07) is -2.27. The van der Waals surface area contributed by atoms with Gasteiger partial charge in [0.05, 0.1) is 18.0 Å². The zero-order valence-electron chi connectivity index (χ0n) is 42.5. The summed E-state index contributed by atoms with van der Waals surface area (Å²) in [6.07, 6.45) is -32.1. The molecule has 0 fully saturated rings. The van der Waals surface area contributed by atoms with Crippen LogP contribution in [0, 0.1) is 23.7 Å². The number of hydrogen-bond acceptors (Lipinski definition) is 12. The van der Waals surface area contributed by atoms with Gasteiger partial charge in [-0.25, -0.2) is 9.59 Å². The van der Waals surface area contributed by atoms with E-state index in [0.29, 0.717) is 19.4 Å². The zero-order valence-corrected chi connectivity index (χ0v) is 43.3. The summed E-state index contributed by atoms with van der Waals surface area (Å²) in [5.41, 5.74) is -1.37. The lowest BCUT2D eigenvalue weighted by atomic mass is 9.89. The van der Waals surface area contributed by atoms with Crippen molar-refractivity contribution in [2.24, 2.45) is 23.7 Å². The van der Waals surface area contributed by atoms with Gasteiger partial charge in [0.2, 0.25) is 24.0 Å². The van der Waals surface area contributed by atoms with Crippen LogP contribution in [0.4, 0.5) is 62.3 Å². The molecule has 16 nitrogen and oxygen atoms in total. The number of ketones is 4. The van der Waals surface area contributed by atoms with E-state index in [1.54, 1.807) is 55.4 Å². The standard InChI is InChI=1S/C22H34F6N2O6.C19H33ClN2O5.C3H2F6O/c1-12(2)14(10-13(3)31)17(33)30-15(8-7-9-29-19(34)36-20(4,5)6)16(32)11-35-18(21(23,24)25)22(26,27)28;1-12(2)14(10-13(3)23)17(25)22-15(16(24)11-20)8-7-9-21-18(26)27-19(4,5)6;4-2(5,6)1(10)3(7,8)9/h12,14-15,18H,7-11H2,1-6H3,(H,29,34)(H,30,33);12,14-15H,7-11H2,1-6H3,(H,21,26)(H,22,25);1,10H/t2*14-,15-;/m00./s1. The summed E-state index contributed by atoms with van der Waals surface area (Å²) < 4.78 is 156. The maximum Gasteiger partial charge on any atom is 0.423 e. The van der Waals surface area contributed by atoms with Crippen molar-refractivity contribution in [3.63, 3.8) is 0 Å². The first-order valence-corrected chi connectivity index (χ1v) is 22.9. The van der Waals surface area contributed by atoms with Crippen LogP contribution in [-0.4, -0.2) is 138 Å². The highest BCUT2D eigenvalue weighted by Gasteiger charge is 2.58. The number of carbonyl (C=O) groups excluding carboxylic acids is 8. The average molecular weight is 1110 g/mol. The van der Waals surface area contributed by atoms with Gasteiger partial charge in [0, 0.05) is 37.8 Å². The Morgan fingerprint density at radius 1 is 0.534 bits per heavy atom. The number of amides is 4. The van der Waals surface area contributed by atoms with Crippen LogP contribution in [0.2, 0.25) is 0 Å². The lowest BCUT2D eigenvalue weighted by molar-refractivity contribution is -0.319. The van der Waals surface area contributed by atoms with E-state index in [4.69, 9.17) is 26.2 Å². The lowest BCUT2D eigenvalue weighted by Crippen LogP contribution is -2.49. The van der Waals surface area contributed by atoms with Gasteiger partial charge in [-0.1, -0.05) is 27.7 Å². The Kier molecular flexibility index (Phi) is 32.0.